The Bertz CT molecular complexity index is 86.1. The molecule has 0 aliphatic rings. The number of ether oxygens (including phenoxy) is 1. The zero-order valence-corrected chi connectivity index (χ0v) is 5.11. The van der Waals surface area contributed by atoms with E-state index in [9.17, 15) is 9.18 Å². The second kappa shape index (κ2) is 3.66. The number of halogens is 2. The van der Waals surface area contributed by atoms with Gasteiger partial charge in [0.05, 0.1) is 0 Å². The van der Waals surface area contributed by atoms with Gasteiger partial charge in [0.2, 0.25) is 0 Å². The minimum atomic E-state index is -0.963. The maximum absolute atomic E-state index is 11.4. The van der Waals surface area contributed by atoms with Crippen LogP contribution in [0.4, 0.5) is 9.18 Å². The van der Waals surface area contributed by atoms with E-state index in [-0.39, 0.29) is 0 Å². The van der Waals surface area contributed by atoms with Gasteiger partial charge in [-0.1, -0.05) is 0 Å². The Hall–Kier alpha value is -0.310. The molecule has 0 amide bonds. The van der Waals surface area contributed by atoms with E-state index in [4.69, 9.17) is 11.6 Å². The van der Waals surface area contributed by atoms with Gasteiger partial charge in [-0.25, -0.2) is 9.18 Å². The number of hydrogen-bond donors (Lipinski definition) is 0. The summed E-state index contributed by atoms with van der Waals surface area (Å²) in [5, 5.41) is 0. The second-order valence-electron chi connectivity index (χ2n) is 1.32. The highest BCUT2D eigenvalue weighted by molar-refractivity contribution is 6.61. The van der Waals surface area contributed by atoms with E-state index < -0.39 is 18.2 Å². The first-order valence-corrected chi connectivity index (χ1v) is 2.46. The molecule has 0 N–H and O–H groups in total. The molecule has 1 atom stereocenters. The topological polar surface area (TPSA) is 26.3 Å². The van der Waals surface area contributed by atoms with E-state index in [1.807, 2.05) is 0 Å². The van der Waals surface area contributed by atoms with Crippen molar-refractivity contribution in [3.63, 3.8) is 0 Å². The fraction of sp³-hybridized carbons (Fsp3) is 0.750. The van der Waals surface area contributed by atoms with E-state index in [0.29, 0.717) is 0 Å². The van der Waals surface area contributed by atoms with Crippen molar-refractivity contribution in [2.45, 2.75) is 13.0 Å². The van der Waals surface area contributed by atoms with Crippen molar-refractivity contribution in [3.05, 3.63) is 0 Å². The summed E-state index contributed by atoms with van der Waals surface area (Å²) < 4.78 is 15.6. The molecule has 0 fully saturated rings. The SMILES string of the molecule is CC(CF)OC(=O)Cl. The summed E-state index contributed by atoms with van der Waals surface area (Å²) in [6, 6.07) is 0. The molecule has 0 spiro atoms. The first kappa shape index (κ1) is 7.69. The summed E-state index contributed by atoms with van der Waals surface area (Å²) in [6.07, 6.45) is -0.722. The molecule has 0 aromatic rings. The molecule has 0 rings (SSSR count). The van der Waals surface area contributed by atoms with Gasteiger partial charge >= 0.3 is 5.43 Å². The molecule has 0 heterocycles. The van der Waals surface area contributed by atoms with Gasteiger partial charge in [0.1, 0.15) is 12.8 Å². The standard InChI is InChI=1S/C4H6ClFO2/c1-3(2-6)8-4(5)7/h3H,2H2,1H3. The Kier molecular flexibility index (Phi) is 3.52. The predicted molar refractivity (Wildman–Crippen MR) is 27.8 cm³/mol. The van der Waals surface area contributed by atoms with Crippen LogP contribution in [0.3, 0.4) is 0 Å². The van der Waals surface area contributed by atoms with Crippen LogP contribution < -0.4 is 0 Å². The Morgan fingerprint density at radius 1 is 2.00 bits per heavy atom. The Morgan fingerprint density at radius 3 is 2.62 bits per heavy atom. The van der Waals surface area contributed by atoms with Crippen LogP contribution in [0.2, 0.25) is 0 Å². The number of alkyl halides is 1. The number of hydrogen-bond acceptors (Lipinski definition) is 2. The number of carbonyl (C=O) groups is 1. The molecule has 0 saturated carbocycles. The zero-order valence-electron chi connectivity index (χ0n) is 4.36. The van der Waals surface area contributed by atoms with Crippen LogP contribution in [0.5, 0.6) is 0 Å². The van der Waals surface area contributed by atoms with E-state index in [1.54, 1.807) is 0 Å². The van der Waals surface area contributed by atoms with Crippen molar-refractivity contribution in [2.75, 3.05) is 6.67 Å². The zero-order chi connectivity index (χ0) is 6.57. The largest absolute Gasteiger partial charge is 0.448 e. The molecular weight excluding hydrogens is 134 g/mol. The molecule has 0 saturated heterocycles. The lowest BCUT2D eigenvalue weighted by Gasteiger charge is -2.02. The first-order chi connectivity index (χ1) is 3.66. The highest BCUT2D eigenvalue weighted by atomic mass is 35.5. The molecule has 0 aromatic heterocycles. The van der Waals surface area contributed by atoms with Crippen molar-refractivity contribution in [1.29, 1.82) is 0 Å². The summed E-state index contributed by atoms with van der Waals surface area (Å²) in [6.45, 7) is 0.721. The van der Waals surface area contributed by atoms with Crippen LogP contribution in [0.25, 0.3) is 0 Å². The summed E-state index contributed by atoms with van der Waals surface area (Å²) >= 11 is 4.72. The van der Waals surface area contributed by atoms with Gasteiger partial charge in [-0.05, 0) is 6.92 Å². The molecule has 2 nitrogen and oxygen atoms in total. The van der Waals surface area contributed by atoms with Crippen LogP contribution in [-0.2, 0) is 4.74 Å². The van der Waals surface area contributed by atoms with Crippen LogP contribution in [0.1, 0.15) is 6.92 Å². The maximum Gasteiger partial charge on any atom is 0.404 e. The van der Waals surface area contributed by atoms with Gasteiger partial charge in [-0.2, -0.15) is 0 Å². The normalized spacial score (nSPS) is 12.9. The van der Waals surface area contributed by atoms with E-state index in [0.717, 1.165) is 0 Å². The van der Waals surface area contributed by atoms with E-state index in [2.05, 4.69) is 4.74 Å². The highest BCUT2D eigenvalue weighted by Crippen LogP contribution is 1.95. The number of rotatable bonds is 2. The lowest BCUT2D eigenvalue weighted by molar-refractivity contribution is 0.113. The molecule has 8 heavy (non-hydrogen) atoms. The molecule has 0 aliphatic heterocycles. The first-order valence-electron chi connectivity index (χ1n) is 2.09. The minimum absolute atomic E-state index is 0.696. The maximum atomic E-state index is 11.4. The molecule has 1 unspecified atom stereocenters. The van der Waals surface area contributed by atoms with Gasteiger partial charge in [0, 0.05) is 11.6 Å². The summed E-state index contributed by atoms with van der Waals surface area (Å²) in [5.41, 5.74) is -0.963. The minimum Gasteiger partial charge on any atom is -0.448 e. The molecule has 0 aromatic carbocycles. The van der Waals surface area contributed by atoms with Crippen LogP contribution >= 0.6 is 11.6 Å². The van der Waals surface area contributed by atoms with Crippen LogP contribution in [0.15, 0.2) is 0 Å². The average Bonchev–Trinajstić information content (AvgIpc) is 1.65. The van der Waals surface area contributed by atoms with Gasteiger partial charge < -0.3 is 4.74 Å². The van der Waals surface area contributed by atoms with Gasteiger partial charge in [-0.15, -0.1) is 0 Å². The smallest absolute Gasteiger partial charge is 0.404 e. The summed E-state index contributed by atoms with van der Waals surface area (Å²) in [5.74, 6) is 0. The molecule has 48 valence electrons. The van der Waals surface area contributed by atoms with Crippen LogP contribution in [0, 0.1) is 0 Å². The fourth-order valence-electron chi connectivity index (χ4n) is 0.190. The van der Waals surface area contributed by atoms with Gasteiger partial charge in [0.25, 0.3) is 0 Å². The Morgan fingerprint density at radius 2 is 2.50 bits per heavy atom. The summed E-state index contributed by atoms with van der Waals surface area (Å²) in [7, 11) is 0. The molecule has 4 heteroatoms. The third-order valence-corrected chi connectivity index (χ3v) is 0.600. The predicted octanol–water partition coefficient (Wildman–Crippen LogP) is 1.72. The molecule has 0 bridgehead atoms. The Labute approximate surface area is 51.6 Å². The third-order valence-electron chi connectivity index (χ3n) is 0.511. The Balaban J connectivity index is 3.24. The van der Waals surface area contributed by atoms with Crippen LogP contribution in [-0.4, -0.2) is 18.2 Å². The quantitative estimate of drug-likeness (QED) is 0.546. The third kappa shape index (κ3) is 3.87. The van der Waals surface area contributed by atoms with Crippen molar-refractivity contribution in [1.82, 2.24) is 0 Å². The lowest BCUT2D eigenvalue weighted by atomic mass is 10.5. The fourth-order valence-corrected chi connectivity index (χ4v) is 0.342. The summed E-state index contributed by atoms with van der Waals surface area (Å²) in [4.78, 5) is 9.79. The van der Waals surface area contributed by atoms with Gasteiger partial charge in [0.15, 0.2) is 0 Å². The van der Waals surface area contributed by atoms with Crippen molar-refractivity contribution < 1.29 is 13.9 Å². The second-order valence-corrected chi connectivity index (χ2v) is 1.63. The molecular formula is C4H6ClFO2. The number of carbonyl (C=O) groups excluding carboxylic acids is 1. The van der Waals surface area contributed by atoms with Crippen molar-refractivity contribution >= 4 is 17.0 Å². The van der Waals surface area contributed by atoms with Crippen molar-refractivity contribution in [2.24, 2.45) is 0 Å². The van der Waals surface area contributed by atoms with Crippen molar-refractivity contribution in [3.8, 4) is 0 Å². The molecule has 0 aliphatic carbocycles. The van der Waals surface area contributed by atoms with E-state index in [1.165, 1.54) is 6.92 Å². The lowest BCUT2D eigenvalue weighted by Crippen LogP contribution is -2.11. The molecule has 0 radical (unpaired) electrons. The van der Waals surface area contributed by atoms with Gasteiger partial charge in [-0.3, -0.25) is 0 Å². The monoisotopic (exact) mass is 140 g/mol. The average molecular weight is 141 g/mol. The van der Waals surface area contributed by atoms with E-state index >= 15 is 0 Å². The highest BCUT2D eigenvalue weighted by Gasteiger charge is 2.03.